The van der Waals surface area contributed by atoms with Crippen molar-refractivity contribution < 1.29 is 18.7 Å². The number of rotatable bonds is 2. The number of amides is 1. The maximum Gasteiger partial charge on any atom is 0.310 e. The van der Waals surface area contributed by atoms with Gasteiger partial charge in [-0.3, -0.25) is 9.59 Å². The lowest BCUT2D eigenvalue weighted by Gasteiger charge is -2.17. The van der Waals surface area contributed by atoms with Crippen molar-refractivity contribution >= 4 is 27.8 Å². The Morgan fingerprint density at radius 2 is 2.10 bits per heavy atom. The molecule has 0 radical (unpaired) electrons. The van der Waals surface area contributed by atoms with Gasteiger partial charge in [0.15, 0.2) is 0 Å². The zero-order valence-electron chi connectivity index (χ0n) is 11.2. The fourth-order valence-corrected chi connectivity index (χ4v) is 2.94. The third-order valence-corrected chi connectivity index (χ3v) is 4.22. The average molecular weight is 344 g/mol. The van der Waals surface area contributed by atoms with Crippen molar-refractivity contribution in [2.45, 2.75) is 6.92 Å². The summed E-state index contributed by atoms with van der Waals surface area (Å²) in [6, 6.07) is 3.94. The molecular weight excluding hydrogens is 329 g/mol. The molecule has 1 aliphatic heterocycles. The van der Waals surface area contributed by atoms with Crippen molar-refractivity contribution in [3.8, 4) is 0 Å². The first-order valence-electron chi connectivity index (χ1n) is 6.26. The highest BCUT2D eigenvalue weighted by atomic mass is 79.9. The van der Waals surface area contributed by atoms with Crippen molar-refractivity contribution in [3.05, 3.63) is 34.1 Å². The smallest absolute Gasteiger partial charge is 0.310 e. The van der Waals surface area contributed by atoms with Gasteiger partial charge in [0.1, 0.15) is 5.82 Å². The summed E-state index contributed by atoms with van der Waals surface area (Å²) >= 11 is 3.19. The Labute approximate surface area is 125 Å². The van der Waals surface area contributed by atoms with Gasteiger partial charge in [-0.25, -0.2) is 4.39 Å². The monoisotopic (exact) mass is 343 g/mol. The van der Waals surface area contributed by atoms with Gasteiger partial charge in [0.25, 0.3) is 5.91 Å². The number of esters is 1. The molecule has 1 heterocycles. The number of ether oxygens (including phenoxy) is 1. The van der Waals surface area contributed by atoms with Crippen LogP contribution in [0.4, 0.5) is 4.39 Å². The average Bonchev–Trinajstić information content (AvgIpc) is 2.79. The molecular formula is C14H15BrFNO3. The van der Waals surface area contributed by atoms with Crippen LogP contribution in [-0.4, -0.2) is 37.0 Å². The van der Waals surface area contributed by atoms with Gasteiger partial charge in [-0.1, -0.05) is 6.92 Å². The van der Waals surface area contributed by atoms with Crippen molar-refractivity contribution in [1.29, 1.82) is 0 Å². The molecule has 2 rings (SSSR count). The fraction of sp³-hybridized carbons (Fsp3) is 0.429. The standard InChI is InChI=1S/C14H15BrFNO3/c1-8-6-17(7-11(8)14(19)20-2)13(18)10-4-3-9(16)5-12(10)15/h3-5,8,11H,6-7H2,1-2H3. The number of hydrogen-bond donors (Lipinski definition) is 0. The van der Waals surface area contributed by atoms with Gasteiger partial charge in [-0.2, -0.15) is 0 Å². The van der Waals surface area contributed by atoms with Crippen LogP contribution >= 0.6 is 15.9 Å². The molecule has 108 valence electrons. The summed E-state index contributed by atoms with van der Waals surface area (Å²) in [6.07, 6.45) is 0. The van der Waals surface area contributed by atoms with Gasteiger partial charge in [0.2, 0.25) is 0 Å². The molecule has 2 atom stereocenters. The third kappa shape index (κ3) is 2.85. The molecule has 1 amide bonds. The lowest BCUT2D eigenvalue weighted by molar-refractivity contribution is -0.146. The molecule has 0 aliphatic carbocycles. The number of halogens is 2. The Kier molecular flexibility index (Phi) is 4.42. The predicted octanol–water partition coefficient (Wildman–Crippen LogP) is 2.47. The Hall–Kier alpha value is -1.43. The maximum atomic E-state index is 13.0. The molecule has 0 saturated carbocycles. The molecule has 0 spiro atoms. The second-order valence-electron chi connectivity index (χ2n) is 4.94. The minimum Gasteiger partial charge on any atom is -0.469 e. The molecule has 0 aromatic heterocycles. The van der Waals surface area contributed by atoms with E-state index in [9.17, 15) is 14.0 Å². The van der Waals surface area contributed by atoms with Crippen LogP contribution in [0.2, 0.25) is 0 Å². The highest BCUT2D eigenvalue weighted by Crippen LogP contribution is 2.27. The summed E-state index contributed by atoms with van der Waals surface area (Å²) in [6.45, 7) is 2.73. The van der Waals surface area contributed by atoms with Crippen molar-refractivity contribution in [2.24, 2.45) is 11.8 Å². The van der Waals surface area contributed by atoms with Crippen LogP contribution in [0.5, 0.6) is 0 Å². The number of carbonyl (C=O) groups is 2. The number of likely N-dealkylation sites (tertiary alicyclic amines) is 1. The molecule has 6 heteroatoms. The molecule has 0 bridgehead atoms. The maximum absolute atomic E-state index is 13.0. The minimum absolute atomic E-state index is 0.0469. The number of carbonyl (C=O) groups excluding carboxylic acids is 2. The van der Waals surface area contributed by atoms with E-state index >= 15 is 0 Å². The van der Waals surface area contributed by atoms with Crippen LogP contribution < -0.4 is 0 Å². The molecule has 4 nitrogen and oxygen atoms in total. The van der Waals surface area contributed by atoms with E-state index in [4.69, 9.17) is 4.74 Å². The second kappa shape index (κ2) is 5.91. The Morgan fingerprint density at radius 1 is 1.40 bits per heavy atom. The van der Waals surface area contributed by atoms with Gasteiger partial charge >= 0.3 is 5.97 Å². The van der Waals surface area contributed by atoms with Gasteiger partial charge in [-0.05, 0) is 40.0 Å². The molecule has 0 N–H and O–H groups in total. The lowest BCUT2D eigenvalue weighted by Crippen LogP contribution is -2.30. The predicted molar refractivity (Wildman–Crippen MR) is 74.7 cm³/mol. The number of benzene rings is 1. The zero-order chi connectivity index (χ0) is 14.9. The number of nitrogens with zero attached hydrogens (tertiary/aromatic N) is 1. The van der Waals surface area contributed by atoms with E-state index in [1.54, 1.807) is 4.90 Å². The zero-order valence-corrected chi connectivity index (χ0v) is 12.8. The molecule has 2 unspecified atom stereocenters. The van der Waals surface area contributed by atoms with Crippen molar-refractivity contribution in [1.82, 2.24) is 4.90 Å². The molecule has 20 heavy (non-hydrogen) atoms. The van der Waals surface area contributed by atoms with Crippen LogP contribution in [0.15, 0.2) is 22.7 Å². The summed E-state index contributed by atoms with van der Waals surface area (Å²) in [5, 5.41) is 0. The van der Waals surface area contributed by atoms with E-state index in [2.05, 4.69) is 15.9 Å². The van der Waals surface area contributed by atoms with Gasteiger partial charge in [0, 0.05) is 17.6 Å². The Balaban J connectivity index is 2.17. The summed E-state index contributed by atoms with van der Waals surface area (Å²) < 4.78 is 18.2. The SMILES string of the molecule is COC(=O)C1CN(C(=O)c2ccc(F)cc2Br)CC1C. The van der Waals surface area contributed by atoms with Crippen LogP contribution in [0.25, 0.3) is 0 Å². The summed E-state index contributed by atoms with van der Waals surface area (Å²) in [4.78, 5) is 25.6. The number of hydrogen-bond acceptors (Lipinski definition) is 3. The van der Waals surface area contributed by atoms with Gasteiger partial charge < -0.3 is 9.64 Å². The first-order valence-corrected chi connectivity index (χ1v) is 7.05. The first kappa shape index (κ1) is 15.0. The molecule has 1 saturated heterocycles. The van der Waals surface area contributed by atoms with Crippen LogP contribution in [0.1, 0.15) is 17.3 Å². The van der Waals surface area contributed by atoms with E-state index in [-0.39, 0.29) is 23.7 Å². The first-order chi connectivity index (χ1) is 9.43. The van der Waals surface area contributed by atoms with E-state index in [0.717, 1.165) is 0 Å². The number of methoxy groups -OCH3 is 1. The van der Waals surface area contributed by atoms with E-state index in [1.807, 2.05) is 6.92 Å². The minimum atomic E-state index is -0.407. The summed E-state index contributed by atoms with van der Waals surface area (Å²) in [7, 11) is 1.34. The van der Waals surface area contributed by atoms with Crippen molar-refractivity contribution in [3.63, 3.8) is 0 Å². The molecule has 1 aromatic carbocycles. The van der Waals surface area contributed by atoms with Gasteiger partial charge in [-0.15, -0.1) is 0 Å². The van der Waals surface area contributed by atoms with Crippen LogP contribution in [-0.2, 0) is 9.53 Å². The summed E-state index contributed by atoms with van der Waals surface area (Å²) in [5.41, 5.74) is 0.393. The van der Waals surface area contributed by atoms with E-state index < -0.39 is 5.82 Å². The summed E-state index contributed by atoms with van der Waals surface area (Å²) in [5.74, 6) is -1.18. The molecule has 1 aliphatic rings. The molecule has 1 aromatic rings. The Morgan fingerprint density at radius 3 is 2.70 bits per heavy atom. The normalized spacial score (nSPS) is 21.9. The second-order valence-corrected chi connectivity index (χ2v) is 5.80. The van der Waals surface area contributed by atoms with Crippen molar-refractivity contribution in [2.75, 3.05) is 20.2 Å². The topological polar surface area (TPSA) is 46.6 Å². The highest BCUT2D eigenvalue weighted by Gasteiger charge is 2.38. The van der Waals surface area contributed by atoms with Gasteiger partial charge in [0.05, 0.1) is 18.6 Å². The van der Waals surface area contributed by atoms with E-state index in [1.165, 1.54) is 25.3 Å². The third-order valence-electron chi connectivity index (χ3n) is 3.57. The largest absolute Gasteiger partial charge is 0.469 e. The van der Waals surface area contributed by atoms with Crippen LogP contribution in [0.3, 0.4) is 0 Å². The lowest BCUT2D eigenvalue weighted by atomic mass is 9.99. The Bertz CT molecular complexity index is 549. The molecule has 1 fully saturated rings. The quantitative estimate of drug-likeness (QED) is 0.775. The van der Waals surface area contributed by atoms with Crippen LogP contribution in [0, 0.1) is 17.7 Å². The fourth-order valence-electron chi connectivity index (χ4n) is 2.42. The highest BCUT2D eigenvalue weighted by molar-refractivity contribution is 9.10. The van der Waals surface area contributed by atoms with E-state index in [0.29, 0.717) is 23.1 Å².